The number of carbonyl (C=O) groups is 2. The Kier molecular flexibility index (Phi) is 7.65. The van der Waals surface area contributed by atoms with E-state index in [0.29, 0.717) is 24.6 Å². The summed E-state index contributed by atoms with van der Waals surface area (Å²) in [6, 6.07) is 19.4. The number of carbonyl (C=O) groups excluding carboxylic acids is 2. The third-order valence-electron chi connectivity index (χ3n) is 4.67. The van der Waals surface area contributed by atoms with E-state index in [1.807, 2.05) is 61.5 Å². The first kappa shape index (κ1) is 21.9. The Bertz CT molecular complexity index is 1090. The van der Waals surface area contributed by atoms with Gasteiger partial charge >= 0.3 is 0 Å². The zero-order valence-corrected chi connectivity index (χ0v) is 17.7. The summed E-state index contributed by atoms with van der Waals surface area (Å²) in [5.74, 6) is 0.587. The molecule has 3 aromatic rings. The highest BCUT2D eigenvalue weighted by Crippen LogP contribution is 2.28. The predicted molar refractivity (Wildman–Crippen MR) is 122 cm³/mol. The first-order valence-electron chi connectivity index (χ1n) is 10.1. The van der Waals surface area contributed by atoms with E-state index in [9.17, 15) is 9.59 Å². The van der Waals surface area contributed by atoms with Crippen molar-refractivity contribution in [2.75, 3.05) is 20.3 Å². The van der Waals surface area contributed by atoms with Gasteiger partial charge in [-0.1, -0.05) is 48.5 Å². The van der Waals surface area contributed by atoms with Crippen LogP contribution in [0.1, 0.15) is 18.1 Å². The summed E-state index contributed by atoms with van der Waals surface area (Å²) in [4.78, 5) is 23.9. The van der Waals surface area contributed by atoms with Gasteiger partial charge in [-0.15, -0.1) is 0 Å². The Morgan fingerprint density at radius 1 is 0.968 bits per heavy atom. The first-order chi connectivity index (χ1) is 15.1. The molecule has 0 saturated carbocycles. The molecule has 0 spiro atoms. The summed E-state index contributed by atoms with van der Waals surface area (Å²) in [7, 11) is 1.53. The SMILES string of the molecule is CCNC(=O)COc1ccc(CNC(=O)C=Cc2cccc3ccccc23)cc1OC. The normalized spacial score (nSPS) is 10.8. The molecular weight excluding hydrogens is 392 g/mol. The van der Waals surface area contributed by atoms with E-state index in [2.05, 4.69) is 10.6 Å². The molecule has 0 bridgehead atoms. The average Bonchev–Trinajstić information content (AvgIpc) is 2.80. The molecule has 0 radical (unpaired) electrons. The Balaban J connectivity index is 1.59. The Labute approximate surface area is 181 Å². The van der Waals surface area contributed by atoms with E-state index in [0.717, 1.165) is 21.9 Å². The number of fused-ring (bicyclic) bond motifs is 1. The van der Waals surface area contributed by atoms with Gasteiger partial charge in [-0.25, -0.2) is 0 Å². The van der Waals surface area contributed by atoms with Gasteiger partial charge in [0.15, 0.2) is 18.1 Å². The van der Waals surface area contributed by atoms with Crippen LogP contribution in [0.2, 0.25) is 0 Å². The van der Waals surface area contributed by atoms with Crippen molar-refractivity contribution in [3.05, 3.63) is 77.9 Å². The molecule has 2 N–H and O–H groups in total. The molecule has 160 valence electrons. The minimum Gasteiger partial charge on any atom is -0.493 e. The van der Waals surface area contributed by atoms with Crippen LogP contribution in [0.4, 0.5) is 0 Å². The quantitative estimate of drug-likeness (QED) is 0.520. The summed E-state index contributed by atoms with van der Waals surface area (Å²) in [6.45, 7) is 2.65. The van der Waals surface area contributed by atoms with Crippen LogP contribution in [-0.4, -0.2) is 32.1 Å². The van der Waals surface area contributed by atoms with Gasteiger partial charge in [-0.05, 0) is 47.0 Å². The van der Waals surface area contributed by atoms with Gasteiger partial charge in [-0.3, -0.25) is 9.59 Å². The fourth-order valence-electron chi connectivity index (χ4n) is 3.14. The summed E-state index contributed by atoms with van der Waals surface area (Å²) < 4.78 is 10.9. The number of nitrogens with one attached hydrogen (secondary N) is 2. The number of benzene rings is 3. The fourth-order valence-corrected chi connectivity index (χ4v) is 3.14. The lowest BCUT2D eigenvalue weighted by molar-refractivity contribution is -0.123. The smallest absolute Gasteiger partial charge is 0.257 e. The standard InChI is InChI=1S/C25H26N2O4/c1-3-26-25(29)17-31-22-13-11-18(15-23(22)30-2)16-27-24(28)14-12-20-9-6-8-19-7-4-5-10-21(19)20/h4-15H,3,16-17H2,1-2H3,(H,26,29)(H,27,28). The average molecular weight is 418 g/mol. The third-order valence-corrected chi connectivity index (χ3v) is 4.67. The Morgan fingerprint density at radius 2 is 1.77 bits per heavy atom. The first-order valence-corrected chi connectivity index (χ1v) is 10.1. The molecule has 0 aromatic heterocycles. The summed E-state index contributed by atoms with van der Waals surface area (Å²) in [5, 5.41) is 7.77. The molecule has 0 aliphatic rings. The van der Waals surface area contributed by atoms with Crippen LogP contribution >= 0.6 is 0 Å². The van der Waals surface area contributed by atoms with Gasteiger partial charge < -0.3 is 20.1 Å². The number of rotatable bonds is 9. The lowest BCUT2D eigenvalue weighted by Crippen LogP contribution is -2.28. The zero-order valence-electron chi connectivity index (χ0n) is 17.7. The third kappa shape index (κ3) is 6.09. The predicted octanol–water partition coefficient (Wildman–Crippen LogP) is 3.69. The summed E-state index contributed by atoms with van der Waals surface area (Å²) >= 11 is 0. The lowest BCUT2D eigenvalue weighted by atomic mass is 10.0. The Morgan fingerprint density at radius 3 is 2.58 bits per heavy atom. The van der Waals surface area contributed by atoms with E-state index >= 15 is 0 Å². The molecule has 6 nitrogen and oxygen atoms in total. The second-order valence-corrected chi connectivity index (χ2v) is 6.85. The van der Waals surface area contributed by atoms with Gasteiger partial charge in [0.25, 0.3) is 5.91 Å². The van der Waals surface area contributed by atoms with Gasteiger partial charge in [0.05, 0.1) is 7.11 Å². The van der Waals surface area contributed by atoms with Crippen LogP contribution in [0.5, 0.6) is 11.5 Å². The Hall–Kier alpha value is -3.80. The van der Waals surface area contributed by atoms with Crippen molar-refractivity contribution in [3.63, 3.8) is 0 Å². The monoisotopic (exact) mass is 418 g/mol. The maximum atomic E-state index is 12.3. The minimum absolute atomic E-state index is 0.0841. The van der Waals surface area contributed by atoms with Gasteiger partial charge in [-0.2, -0.15) is 0 Å². The lowest BCUT2D eigenvalue weighted by Gasteiger charge is -2.12. The number of hydrogen-bond donors (Lipinski definition) is 2. The summed E-state index contributed by atoms with van der Waals surface area (Å²) in [6.07, 6.45) is 3.35. The van der Waals surface area contributed by atoms with Crippen molar-refractivity contribution in [2.45, 2.75) is 13.5 Å². The van der Waals surface area contributed by atoms with E-state index in [-0.39, 0.29) is 18.4 Å². The maximum absolute atomic E-state index is 12.3. The van der Waals surface area contributed by atoms with Crippen LogP contribution < -0.4 is 20.1 Å². The van der Waals surface area contributed by atoms with E-state index < -0.39 is 0 Å². The molecule has 0 atom stereocenters. The molecule has 31 heavy (non-hydrogen) atoms. The molecule has 3 aromatic carbocycles. The highest BCUT2D eigenvalue weighted by atomic mass is 16.5. The molecule has 0 aliphatic heterocycles. The van der Waals surface area contributed by atoms with Gasteiger partial charge in [0.2, 0.25) is 5.91 Å². The number of hydrogen-bond acceptors (Lipinski definition) is 4. The van der Waals surface area contributed by atoms with Crippen LogP contribution in [0.15, 0.2) is 66.7 Å². The second-order valence-electron chi connectivity index (χ2n) is 6.85. The van der Waals surface area contributed by atoms with Crippen molar-refractivity contribution in [3.8, 4) is 11.5 Å². The van der Waals surface area contributed by atoms with E-state index in [1.54, 1.807) is 12.1 Å². The minimum atomic E-state index is -0.195. The van der Waals surface area contributed by atoms with Crippen LogP contribution in [-0.2, 0) is 16.1 Å². The highest BCUT2D eigenvalue weighted by Gasteiger charge is 2.09. The van der Waals surface area contributed by atoms with Crippen molar-refractivity contribution < 1.29 is 19.1 Å². The second kappa shape index (κ2) is 10.8. The molecule has 6 heteroatoms. The molecule has 0 aliphatic carbocycles. The highest BCUT2D eigenvalue weighted by molar-refractivity contribution is 5.96. The molecule has 0 fully saturated rings. The van der Waals surface area contributed by atoms with Gasteiger partial charge in [0.1, 0.15) is 0 Å². The number of methoxy groups -OCH3 is 1. The molecule has 3 rings (SSSR count). The van der Waals surface area contributed by atoms with E-state index in [4.69, 9.17) is 9.47 Å². The molecule has 2 amide bonds. The molecule has 0 saturated heterocycles. The van der Waals surface area contributed by atoms with Crippen molar-refractivity contribution >= 4 is 28.7 Å². The summed E-state index contributed by atoms with van der Waals surface area (Å²) in [5.41, 5.74) is 1.85. The zero-order chi connectivity index (χ0) is 22.1. The molecule has 0 unspecified atom stereocenters. The molecule has 0 heterocycles. The van der Waals surface area contributed by atoms with Crippen molar-refractivity contribution in [1.82, 2.24) is 10.6 Å². The van der Waals surface area contributed by atoms with Crippen LogP contribution in [0.25, 0.3) is 16.8 Å². The maximum Gasteiger partial charge on any atom is 0.257 e. The van der Waals surface area contributed by atoms with Crippen LogP contribution in [0.3, 0.4) is 0 Å². The van der Waals surface area contributed by atoms with Crippen LogP contribution in [0, 0.1) is 0 Å². The topological polar surface area (TPSA) is 76.7 Å². The fraction of sp³-hybridized carbons (Fsp3) is 0.200. The number of ether oxygens (including phenoxy) is 2. The molecular formula is C25H26N2O4. The largest absolute Gasteiger partial charge is 0.493 e. The van der Waals surface area contributed by atoms with Crippen molar-refractivity contribution in [2.24, 2.45) is 0 Å². The van der Waals surface area contributed by atoms with Crippen molar-refractivity contribution in [1.29, 1.82) is 0 Å². The van der Waals surface area contributed by atoms with Gasteiger partial charge in [0, 0.05) is 19.2 Å². The number of amides is 2. The van der Waals surface area contributed by atoms with E-state index in [1.165, 1.54) is 13.2 Å². The number of likely N-dealkylation sites (N-methyl/N-ethyl adjacent to an activating group) is 1.